The van der Waals surface area contributed by atoms with Crippen molar-refractivity contribution in [2.24, 2.45) is 0 Å². The summed E-state index contributed by atoms with van der Waals surface area (Å²) in [5, 5.41) is 0. The Morgan fingerprint density at radius 1 is 1.67 bits per heavy atom. The van der Waals surface area contributed by atoms with Crippen LogP contribution in [-0.4, -0.2) is 9.56 Å². The molecule has 0 fully saturated rings. The standard InChI is InChI=1S/C4H2N2O2S/c9-4-7-3-5-1-2-6(3)8-4/h1-2H. The summed E-state index contributed by atoms with van der Waals surface area (Å²) >= 11 is 4.57. The molecule has 0 saturated carbocycles. The fourth-order valence-electron chi connectivity index (χ4n) is 0.593. The summed E-state index contributed by atoms with van der Waals surface area (Å²) in [4.78, 5) is 3.87. The third-order valence-electron chi connectivity index (χ3n) is 0.923. The third-order valence-corrected chi connectivity index (χ3v) is 1.08. The predicted molar refractivity (Wildman–Crippen MR) is 30.6 cm³/mol. The van der Waals surface area contributed by atoms with E-state index in [1.54, 1.807) is 12.4 Å². The van der Waals surface area contributed by atoms with Crippen LogP contribution >= 0.6 is 12.2 Å². The number of nitrogens with zero attached hydrogens (tertiary/aromatic N) is 2. The molecule has 5 heteroatoms. The Morgan fingerprint density at radius 2 is 2.56 bits per heavy atom. The van der Waals surface area contributed by atoms with Crippen molar-refractivity contribution in [3.63, 3.8) is 0 Å². The van der Waals surface area contributed by atoms with Gasteiger partial charge in [-0.25, -0.2) is 4.98 Å². The highest BCUT2D eigenvalue weighted by Gasteiger charge is 1.97. The van der Waals surface area contributed by atoms with Crippen LogP contribution in [0.2, 0.25) is 0 Å². The zero-order valence-corrected chi connectivity index (χ0v) is 5.09. The minimum Gasteiger partial charge on any atom is -0.379 e. The average molecular weight is 142 g/mol. The summed E-state index contributed by atoms with van der Waals surface area (Å²) < 4.78 is 11.0. The summed E-state index contributed by atoms with van der Waals surface area (Å²) in [6.07, 6.45) is 3.19. The normalized spacial score (nSPS) is 10.7. The number of aromatic nitrogens is 2. The second-order valence-electron chi connectivity index (χ2n) is 1.48. The smallest absolute Gasteiger partial charge is 0.379 e. The van der Waals surface area contributed by atoms with Crippen molar-refractivity contribution in [2.75, 3.05) is 0 Å². The quantitative estimate of drug-likeness (QED) is 0.519. The second-order valence-corrected chi connectivity index (χ2v) is 1.81. The van der Waals surface area contributed by atoms with E-state index in [0.29, 0.717) is 5.84 Å². The van der Waals surface area contributed by atoms with Crippen molar-refractivity contribution in [1.82, 2.24) is 9.56 Å². The Kier molecular flexibility index (Phi) is 0.762. The summed E-state index contributed by atoms with van der Waals surface area (Å²) in [6, 6.07) is 0. The summed E-state index contributed by atoms with van der Waals surface area (Å²) in [6.45, 7) is 0. The lowest BCUT2D eigenvalue weighted by atomic mass is 11.0. The van der Waals surface area contributed by atoms with Gasteiger partial charge in [0.1, 0.15) is 0 Å². The molecule has 2 heterocycles. The van der Waals surface area contributed by atoms with Gasteiger partial charge in [0.05, 0.1) is 12.4 Å². The summed E-state index contributed by atoms with van der Waals surface area (Å²) in [7, 11) is 0. The molecule has 0 N–H and O–H groups in total. The zero-order valence-electron chi connectivity index (χ0n) is 4.27. The number of hydrogen-bond acceptors (Lipinski definition) is 4. The highest BCUT2D eigenvalue weighted by atomic mass is 32.1. The van der Waals surface area contributed by atoms with Gasteiger partial charge >= 0.3 is 10.7 Å². The van der Waals surface area contributed by atoms with Crippen molar-refractivity contribution in [2.45, 2.75) is 0 Å². The first kappa shape index (κ1) is 4.75. The van der Waals surface area contributed by atoms with Gasteiger partial charge < -0.3 is 8.94 Å². The number of rotatable bonds is 0. The summed E-state index contributed by atoms with van der Waals surface area (Å²) in [5.74, 6) is 0.389. The molecule has 0 bridgehead atoms. The van der Waals surface area contributed by atoms with Gasteiger partial charge in [0.15, 0.2) is 0 Å². The van der Waals surface area contributed by atoms with E-state index in [1.807, 2.05) is 0 Å². The van der Waals surface area contributed by atoms with Gasteiger partial charge in [0.2, 0.25) is 0 Å². The molecule has 0 radical (unpaired) electrons. The van der Waals surface area contributed by atoms with E-state index in [0.717, 1.165) is 0 Å². The maximum atomic E-state index is 4.81. The highest BCUT2D eigenvalue weighted by molar-refractivity contribution is 7.71. The lowest BCUT2D eigenvalue weighted by Crippen LogP contribution is -1.67. The molecule has 0 aliphatic rings. The topological polar surface area (TPSA) is 43.6 Å². The first-order chi connectivity index (χ1) is 4.36. The minimum absolute atomic E-state index is 0.0955. The molecule has 0 saturated heterocycles. The van der Waals surface area contributed by atoms with Gasteiger partial charge in [-0.1, -0.05) is 0 Å². The molecule has 2 rings (SSSR count). The van der Waals surface area contributed by atoms with Crippen LogP contribution in [0.15, 0.2) is 21.3 Å². The van der Waals surface area contributed by atoms with Gasteiger partial charge in [0, 0.05) is 12.2 Å². The van der Waals surface area contributed by atoms with E-state index in [-0.39, 0.29) is 4.90 Å². The Morgan fingerprint density at radius 3 is 3.33 bits per heavy atom. The molecule has 2 aromatic rings. The first-order valence-corrected chi connectivity index (χ1v) is 2.70. The summed E-state index contributed by atoms with van der Waals surface area (Å²) in [5.41, 5.74) is 0. The molecule has 0 aliphatic heterocycles. The van der Waals surface area contributed by atoms with Crippen LogP contribution in [0.1, 0.15) is 0 Å². The first-order valence-electron chi connectivity index (χ1n) is 2.30. The minimum atomic E-state index is 0.0955. The van der Waals surface area contributed by atoms with Crippen LogP contribution in [0.5, 0.6) is 0 Å². The fourth-order valence-corrected chi connectivity index (χ4v) is 0.747. The molecular weight excluding hydrogens is 140 g/mol. The third kappa shape index (κ3) is 0.580. The molecule has 46 valence electrons. The fraction of sp³-hybridized carbons (Fsp3) is 0. The van der Waals surface area contributed by atoms with Crippen LogP contribution in [0.4, 0.5) is 0 Å². The van der Waals surface area contributed by atoms with Crippen LogP contribution in [0.25, 0.3) is 5.84 Å². The molecule has 0 aliphatic carbocycles. The molecule has 0 spiro atoms. The molecule has 0 aromatic carbocycles. The van der Waals surface area contributed by atoms with Gasteiger partial charge in [-0.05, 0) is 0 Å². The Hall–Kier alpha value is -1.10. The van der Waals surface area contributed by atoms with Crippen LogP contribution in [-0.2, 0) is 0 Å². The van der Waals surface area contributed by atoms with Crippen LogP contribution < -0.4 is 0 Å². The zero-order chi connectivity index (χ0) is 6.27. The Bertz CT molecular complexity index is 339. The molecule has 9 heavy (non-hydrogen) atoms. The maximum absolute atomic E-state index is 4.81. The lowest BCUT2D eigenvalue weighted by molar-refractivity contribution is 0.331. The van der Waals surface area contributed by atoms with Crippen molar-refractivity contribution in [1.29, 1.82) is 0 Å². The molecule has 0 unspecified atom stereocenters. The number of fused-ring (bicyclic) bond motifs is 1. The molecule has 0 amide bonds. The van der Waals surface area contributed by atoms with Gasteiger partial charge in [0.25, 0.3) is 0 Å². The van der Waals surface area contributed by atoms with Gasteiger partial charge in [-0.3, -0.25) is 0 Å². The number of hydrogen-bond donors (Lipinski definition) is 0. The van der Waals surface area contributed by atoms with Gasteiger partial charge in [-0.2, -0.15) is 0 Å². The van der Waals surface area contributed by atoms with E-state index >= 15 is 0 Å². The lowest BCUT2D eigenvalue weighted by Gasteiger charge is -1.67. The SMILES string of the molecule is S=c1oc2nccn2o1. The second kappa shape index (κ2) is 1.44. The Labute approximate surface area is 54.7 Å². The van der Waals surface area contributed by atoms with E-state index in [1.165, 1.54) is 4.57 Å². The number of imidazole rings is 1. The monoisotopic (exact) mass is 142 g/mol. The molecule has 2 aromatic heterocycles. The molecule has 4 nitrogen and oxygen atoms in total. The van der Waals surface area contributed by atoms with Crippen molar-refractivity contribution in [3.05, 3.63) is 17.3 Å². The van der Waals surface area contributed by atoms with Crippen LogP contribution in [0.3, 0.4) is 0 Å². The van der Waals surface area contributed by atoms with E-state index < -0.39 is 0 Å². The largest absolute Gasteiger partial charge is 0.386 e. The van der Waals surface area contributed by atoms with E-state index in [9.17, 15) is 0 Å². The predicted octanol–water partition coefficient (Wildman–Crippen LogP) is 1.25. The van der Waals surface area contributed by atoms with E-state index in [2.05, 4.69) is 17.2 Å². The molecule has 0 atom stereocenters. The average Bonchev–Trinajstić information content (AvgIpc) is 2.22. The highest BCUT2D eigenvalue weighted by Crippen LogP contribution is 2.01. The van der Waals surface area contributed by atoms with Crippen molar-refractivity contribution < 1.29 is 8.94 Å². The Balaban J connectivity index is 3.08. The van der Waals surface area contributed by atoms with Crippen molar-refractivity contribution in [3.8, 4) is 0 Å². The van der Waals surface area contributed by atoms with Crippen LogP contribution in [0, 0.1) is 4.90 Å². The van der Waals surface area contributed by atoms with Crippen molar-refractivity contribution >= 4 is 18.1 Å². The molecular formula is C4H2N2O2S. The van der Waals surface area contributed by atoms with E-state index in [4.69, 9.17) is 8.94 Å². The van der Waals surface area contributed by atoms with Gasteiger partial charge in [-0.15, -0.1) is 4.57 Å². The maximum Gasteiger partial charge on any atom is 0.386 e.